The Morgan fingerprint density at radius 1 is 1.50 bits per heavy atom. The molecule has 0 unspecified atom stereocenters. The molecule has 0 heterocycles. The Kier molecular flexibility index (Phi) is 3.32. The zero-order valence-corrected chi connectivity index (χ0v) is 6.38. The van der Waals surface area contributed by atoms with Crippen LogP contribution in [0.3, 0.4) is 0 Å². The maximum Gasteiger partial charge on any atom is 0.313 e. The summed E-state index contributed by atoms with van der Waals surface area (Å²) in [5.74, 6) is -0.401. The average Bonchev–Trinajstić information content (AvgIpc) is 1.80. The van der Waals surface area contributed by atoms with E-state index in [0.717, 1.165) is 0 Å². The molecule has 0 aliphatic heterocycles. The maximum atomic E-state index is 10.8. The highest BCUT2D eigenvalue weighted by Gasteiger charge is 2.22. The molecule has 0 spiro atoms. The topological polar surface area (TPSA) is 55.8 Å². The molecule has 0 aromatic heterocycles. The summed E-state index contributed by atoms with van der Waals surface area (Å²) in [5, 5.41) is 7.80. The Bertz CT molecular complexity index is 113. The van der Waals surface area contributed by atoms with Gasteiger partial charge in [-0.15, -0.1) is 0 Å². The summed E-state index contributed by atoms with van der Waals surface area (Å²) < 4.78 is 4.44. The highest BCUT2D eigenvalue weighted by molar-refractivity contribution is 5.75. The molecule has 0 rings (SSSR count). The molecule has 0 fully saturated rings. The Labute approximate surface area is 59.7 Å². The van der Waals surface area contributed by atoms with Gasteiger partial charge in [0.1, 0.15) is 0 Å². The van der Waals surface area contributed by atoms with E-state index in [2.05, 4.69) is 9.62 Å². The number of hydrogen-bond donors (Lipinski definition) is 1. The van der Waals surface area contributed by atoms with Gasteiger partial charge in [-0.1, -0.05) is 0 Å². The highest BCUT2D eigenvalue weighted by Crippen LogP contribution is 2.14. The van der Waals surface area contributed by atoms with E-state index in [0.29, 0.717) is 0 Å². The average molecular weight is 148 g/mol. The molecule has 4 nitrogen and oxygen atoms in total. The van der Waals surface area contributed by atoms with Crippen LogP contribution in [-0.2, 0) is 14.4 Å². The Balaban J connectivity index is 3.64. The predicted octanol–water partition coefficient (Wildman–Crippen LogP) is 1.02. The molecule has 0 saturated carbocycles. The Morgan fingerprint density at radius 3 is 2.30 bits per heavy atom. The maximum absolute atomic E-state index is 10.8. The molecule has 60 valence electrons. The van der Waals surface area contributed by atoms with Crippen molar-refractivity contribution in [1.29, 1.82) is 0 Å². The first-order valence-electron chi connectivity index (χ1n) is 2.92. The molecular formula is C6H12O4. The smallest absolute Gasteiger partial charge is 0.313 e. The number of esters is 1. The molecule has 1 N–H and O–H groups in total. The number of ether oxygens (including phenoxy) is 1. The Hall–Kier alpha value is -0.610. The molecule has 10 heavy (non-hydrogen) atoms. The highest BCUT2D eigenvalue weighted by atomic mass is 17.1. The molecular weight excluding hydrogens is 136 g/mol. The minimum Gasteiger partial charge on any atom is -0.435 e. The van der Waals surface area contributed by atoms with Gasteiger partial charge in [-0.2, -0.15) is 4.89 Å². The standard InChI is InChI=1S/C6H12O4/c1-6(2,3)5(7)9-4-10-8/h8H,4H2,1-3H3. The van der Waals surface area contributed by atoms with E-state index in [1.165, 1.54) is 0 Å². The third-order valence-corrected chi connectivity index (χ3v) is 0.855. The molecule has 0 saturated heterocycles. The molecule has 0 aromatic rings. The van der Waals surface area contributed by atoms with Crippen molar-refractivity contribution in [2.75, 3.05) is 6.79 Å². The summed E-state index contributed by atoms with van der Waals surface area (Å²) in [6, 6.07) is 0. The SMILES string of the molecule is CC(C)(C)C(=O)OCOO. The van der Waals surface area contributed by atoms with Crippen molar-refractivity contribution in [1.82, 2.24) is 0 Å². The third-order valence-electron chi connectivity index (χ3n) is 0.855. The van der Waals surface area contributed by atoms with Gasteiger partial charge in [-0.25, -0.2) is 5.26 Å². The lowest BCUT2D eigenvalue weighted by Crippen LogP contribution is -2.23. The van der Waals surface area contributed by atoms with Gasteiger partial charge in [0.15, 0.2) is 0 Å². The zero-order chi connectivity index (χ0) is 8.20. The van der Waals surface area contributed by atoms with Gasteiger partial charge in [0.2, 0.25) is 6.79 Å². The summed E-state index contributed by atoms with van der Waals surface area (Å²) in [6.07, 6.45) is 0. The van der Waals surface area contributed by atoms with E-state index in [9.17, 15) is 4.79 Å². The van der Waals surface area contributed by atoms with Gasteiger partial charge in [0.05, 0.1) is 5.41 Å². The van der Waals surface area contributed by atoms with Crippen molar-refractivity contribution in [3.8, 4) is 0 Å². The van der Waals surface area contributed by atoms with Crippen molar-refractivity contribution < 1.29 is 19.7 Å². The quantitative estimate of drug-likeness (QED) is 0.275. The van der Waals surface area contributed by atoms with Crippen molar-refractivity contribution in [3.63, 3.8) is 0 Å². The van der Waals surface area contributed by atoms with Crippen LogP contribution in [-0.4, -0.2) is 18.0 Å². The van der Waals surface area contributed by atoms with Gasteiger partial charge in [0.25, 0.3) is 0 Å². The first-order chi connectivity index (χ1) is 4.48. The monoisotopic (exact) mass is 148 g/mol. The number of carbonyl (C=O) groups is 1. The zero-order valence-electron chi connectivity index (χ0n) is 6.38. The van der Waals surface area contributed by atoms with Crippen molar-refractivity contribution in [2.45, 2.75) is 20.8 Å². The predicted molar refractivity (Wildman–Crippen MR) is 34.1 cm³/mol. The lowest BCUT2D eigenvalue weighted by Gasteiger charge is -2.14. The second-order valence-electron chi connectivity index (χ2n) is 2.93. The van der Waals surface area contributed by atoms with Crippen LogP contribution >= 0.6 is 0 Å². The molecule has 0 atom stereocenters. The minimum atomic E-state index is -0.543. The van der Waals surface area contributed by atoms with Crippen molar-refractivity contribution >= 4 is 5.97 Å². The minimum absolute atomic E-state index is 0.401. The molecule has 4 heteroatoms. The second-order valence-corrected chi connectivity index (χ2v) is 2.93. The molecule has 0 aromatic carbocycles. The molecule has 0 amide bonds. The first kappa shape index (κ1) is 9.39. The summed E-state index contributed by atoms with van der Waals surface area (Å²) >= 11 is 0. The van der Waals surface area contributed by atoms with Crippen molar-refractivity contribution in [3.05, 3.63) is 0 Å². The van der Waals surface area contributed by atoms with Crippen LogP contribution < -0.4 is 0 Å². The lowest BCUT2D eigenvalue weighted by molar-refractivity contribution is -0.291. The summed E-state index contributed by atoms with van der Waals surface area (Å²) in [6.45, 7) is 4.74. The molecule has 0 bridgehead atoms. The lowest BCUT2D eigenvalue weighted by atomic mass is 9.98. The number of rotatable bonds is 2. The number of hydrogen-bond acceptors (Lipinski definition) is 4. The summed E-state index contributed by atoms with van der Waals surface area (Å²) in [7, 11) is 0. The van der Waals surface area contributed by atoms with Gasteiger partial charge in [-0.05, 0) is 20.8 Å². The van der Waals surface area contributed by atoms with E-state index in [-0.39, 0.29) is 0 Å². The van der Waals surface area contributed by atoms with Crippen LogP contribution in [0.25, 0.3) is 0 Å². The normalized spacial score (nSPS) is 11.2. The fraction of sp³-hybridized carbons (Fsp3) is 0.833. The van der Waals surface area contributed by atoms with E-state index in [1.807, 2.05) is 0 Å². The third kappa shape index (κ3) is 3.42. The fourth-order valence-corrected chi connectivity index (χ4v) is 0.296. The van der Waals surface area contributed by atoms with E-state index in [4.69, 9.17) is 5.26 Å². The fourth-order valence-electron chi connectivity index (χ4n) is 0.296. The molecule has 0 radical (unpaired) electrons. The van der Waals surface area contributed by atoms with Crippen LogP contribution in [0.2, 0.25) is 0 Å². The summed E-state index contributed by atoms with van der Waals surface area (Å²) in [5.41, 5.74) is -0.543. The van der Waals surface area contributed by atoms with Crippen LogP contribution in [0.5, 0.6) is 0 Å². The van der Waals surface area contributed by atoms with Crippen molar-refractivity contribution in [2.24, 2.45) is 5.41 Å². The first-order valence-corrected chi connectivity index (χ1v) is 2.92. The van der Waals surface area contributed by atoms with Gasteiger partial charge in [0, 0.05) is 0 Å². The number of carbonyl (C=O) groups excluding carboxylic acids is 1. The van der Waals surface area contributed by atoms with Crippen LogP contribution in [0, 0.1) is 5.41 Å². The van der Waals surface area contributed by atoms with Crippen LogP contribution in [0.4, 0.5) is 0 Å². The van der Waals surface area contributed by atoms with Gasteiger partial charge >= 0.3 is 5.97 Å². The summed E-state index contributed by atoms with van der Waals surface area (Å²) in [4.78, 5) is 14.4. The largest absolute Gasteiger partial charge is 0.435 e. The Morgan fingerprint density at radius 2 is 2.00 bits per heavy atom. The van der Waals surface area contributed by atoms with E-state index < -0.39 is 18.2 Å². The van der Waals surface area contributed by atoms with Crippen LogP contribution in [0.15, 0.2) is 0 Å². The van der Waals surface area contributed by atoms with Gasteiger partial charge in [-0.3, -0.25) is 4.79 Å². The van der Waals surface area contributed by atoms with E-state index in [1.54, 1.807) is 20.8 Å². The molecule has 0 aliphatic rings. The molecule has 0 aliphatic carbocycles. The van der Waals surface area contributed by atoms with Gasteiger partial charge < -0.3 is 4.74 Å². The second kappa shape index (κ2) is 3.53. The van der Waals surface area contributed by atoms with Crippen LogP contribution in [0.1, 0.15) is 20.8 Å². The van der Waals surface area contributed by atoms with E-state index >= 15 is 0 Å².